The van der Waals surface area contributed by atoms with E-state index in [4.69, 9.17) is 28.9 Å². The fraction of sp³-hybridized carbons (Fsp3) is 0.250. The number of halogens is 3. The monoisotopic (exact) mass is 282 g/mol. The molecule has 0 spiro atoms. The van der Waals surface area contributed by atoms with E-state index in [0.717, 1.165) is 10.2 Å². The zero-order valence-corrected chi connectivity index (χ0v) is 9.88. The molecule has 13 heavy (non-hydrogen) atoms. The van der Waals surface area contributed by atoms with E-state index in [1.165, 1.54) is 0 Å². The molecule has 3 N–H and O–H groups in total. The quantitative estimate of drug-likeness (QED) is 0.894. The Bertz CT molecular complexity index is 281. The number of nitrogens with two attached hydrogens (primary N) is 1. The lowest BCUT2D eigenvalue weighted by Crippen LogP contribution is -2.13. The molecule has 1 rings (SSSR count). The van der Waals surface area contributed by atoms with Gasteiger partial charge in [0.1, 0.15) is 0 Å². The fourth-order valence-electron chi connectivity index (χ4n) is 0.908. The van der Waals surface area contributed by atoms with Crippen molar-refractivity contribution in [2.45, 2.75) is 0 Å². The molecule has 5 heteroatoms. The molecule has 0 saturated heterocycles. The second kappa shape index (κ2) is 5.05. The third-order valence-electron chi connectivity index (χ3n) is 1.45. The van der Waals surface area contributed by atoms with Gasteiger partial charge in [0, 0.05) is 17.6 Å². The Hall–Kier alpha value is 0.0400. The van der Waals surface area contributed by atoms with E-state index < -0.39 is 0 Å². The average molecular weight is 284 g/mol. The van der Waals surface area contributed by atoms with Crippen LogP contribution in [0.25, 0.3) is 0 Å². The van der Waals surface area contributed by atoms with E-state index in [2.05, 4.69) is 21.2 Å². The molecule has 72 valence electrons. The van der Waals surface area contributed by atoms with Gasteiger partial charge in [-0.05, 0) is 12.1 Å². The van der Waals surface area contributed by atoms with Crippen LogP contribution in [0.3, 0.4) is 0 Å². The first-order valence-electron chi connectivity index (χ1n) is 3.73. The molecule has 0 fully saturated rings. The normalized spacial score (nSPS) is 10.2. The molecule has 0 radical (unpaired) electrons. The topological polar surface area (TPSA) is 38.0 Å². The molecule has 0 aliphatic heterocycles. The van der Waals surface area contributed by atoms with Crippen LogP contribution >= 0.6 is 39.1 Å². The van der Waals surface area contributed by atoms with Crippen LogP contribution in [-0.4, -0.2) is 13.1 Å². The molecule has 0 amide bonds. The van der Waals surface area contributed by atoms with Gasteiger partial charge >= 0.3 is 0 Å². The molecule has 0 bridgehead atoms. The molecular formula is C8H9BrCl2N2. The minimum Gasteiger partial charge on any atom is -0.381 e. The summed E-state index contributed by atoms with van der Waals surface area (Å²) in [5.41, 5.74) is 6.08. The third kappa shape index (κ3) is 3.02. The van der Waals surface area contributed by atoms with Crippen LogP contribution in [0.15, 0.2) is 16.6 Å². The third-order valence-corrected chi connectivity index (χ3v) is 2.51. The number of benzene rings is 1. The van der Waals surface area contributed by atoms with Gasteiger partial charge in [0.25, 0.3) is 0 Å². The Morgan fingerprint density at radius 2 is 1.85 bits per heavy atom. The van der Waals surface area contributed by atoms with Crippen LogP contribution in [0.4, 0.5) is 5.69 Å². The largest absolute Gasteiger partial charge is 0.381 e. The van der Waals surface area contributed by atoms with Gasteiger partial charge in [-0.15, -0.1) is 0 Å². The predicted octanol–water partition coefficient (Wildman–Crippen LogP) is 3.13. The van der Waals surface area contributed by atoms with E-state index in [0.29, 0.717) is 23.1 Å². The lowest BCUT2D eigenvalue weighted by Gasteiger charge is -2.09. The van der Waals surface area contributed by atoms with Gasteiger partial charge in [-0.2, -0.15) is 0 Å². The van der Waals surface area contributed by atoms with E-state index in [-0.39, 0.29) is 0 Å². The van der Waals surface area contributed by atoms with Gasteiger partial charge in [-0.3, -0.25) is 0 Å². The molecule has 0 atom stereocenters. The number of nitrogens with one attached hydrogen (secondary N) is 1. The van der Waals surface area contributed by atoms with E-state index in [1.54, 1.807) is 12.1 Å². The van der Waals surface area contributed by atoms with E-state index in [1.807, 2.05) is 0 Å². The van der Waals surface area contributed by atoms with Crippen molar-refractivity contribution in [3.8, 4) is 0 Å². The van der Waals surface area contributed by atoms with Gasteiger partial charge in [0.2, 0.25) is 0 Å². The SMILES string of the molecule is NCCNc1c(Cl)cc(Br)cc1Cl. The highest BCUT2D eigenvalue weighted by atomic mass is 79.9. The van der Waals surface area contributed by atoms with Crippen molar-refractivity contribution in [3.63, 3.8) is 0 Å². The summed E-state index contributed by atoms with van der Waals surface area (Å²) in [7, 11) is 0. The minimum absolute atomic E-state index is 0.544. The van der Waals surface area contributed by atoms with Crippen LogP contribution in [0.1, 0.15) is 0 Å². The van der Waals surface area contributed by atoms with E-state index >= 15 is 0 Å². The summed E-state index contributed by atoms with van der Waals surface area (Å²) >= 11 is 15.2. The van der Waals surface area contributed by atoms with Crippen LogP contribution in [0.5, 0.6) is 0 Å². The van der Waals surface area contributed by atoms with E-state index in [9.17, 15) is 0 Å². The van der Waals surface area contributed by atoms with Crippen molar-refractivity contribution in [2.75, 3.05) is 18.4 Å². The molecular weight excluding hydrogens is 275 g/mol. The maximum absolute atomic E-state index is 5.95. The second-order valence-corrected chi connectivity index (χ2v) is 4.19. The molecule has 0 aromatic heterocycles. The van der Waals surface area contributed by atoms with Crippen LogP contribution in [0, 0.1) is 0 Å². The lowest BCUT2D eigenvalue weighted by atomic mass is 10.3. The number of hydrogen-bond acceptors (Lipinski definition) is 2. The first-order chi connectivity index (χ1) is 6.15. The number of rotatable bonds is 3. The smallest absolute Gasteiger partial charge is 0.0720 e. The molecule has 0 aliphatic carbocycles. The molecule has 0 saturated carbocycles. The predicted molar refractivity (Wildman–Crippen MR) is 61.7 cm³/mol. The first-order valence-corrected chi connectivity index (χ1v) is 5.28. The Morgan fingerprint density at radius 3 is 2.31 bits per heavy atom. The zero-order chi connectivity index (χ0) is 9.84. The van der Waals surface area contributed by atoms with Crippen molar-refractivity contribution < 1.29 is 0 Å². The summed E-state index contributed by atoms with van der Waals surface area (Å²) in [6, 6.07) is 3.57. The Labute approximate surface area is 95.5 Å². The molecule has 0 heterocycles. The Balaban J connectivity index is 2.92. The highest BCUT2D eigenvalue weighted by molar-refractivity contribution is 9.10. The fourth-order valence-corrected chi connectivity index (χ4v) is 2.25. The minimum atomic E-state index is 0.544. The van der Waals surface area contributed by atoms with Crippen molar-refractivity contribution in [2.24, 2.45) is 5.73 Å². The van der Waals surface area contributed by atoms with Gasteiger partial charge in [0.05, 0.1) is 15.7 Å². The summed E-state index contributed by atoms with van der Waals surface area (Å²) in [6.45, 7) is 1.20. The summed E-state index contributed by atoms with van der Waals surface area (Å²) < 4.78 is 0.862. The van der Waals surface area contributed by atoms with Crippen LogP contribution in [0.2, 0.25) is 10.0 Å². The number of hydrogen-bond donors (Lipinski definition) is 2. The highest BCUT2D eigenvalue weighted by Gasteiger charge is 2.05. The molecule has 0 unspecified atom stereocenters. The van der Waals surface area contributed by atoms with Gasteiger partial charge in [0.15, 0.2) is 0 Å². The van der Waals surface area contributed by atoms with Gasteiger partial charge in [-0.25, -0.2) is 0 Å². The summed E-state index contributed by atoms with van der Waals surface area (Å²) in [6.07, 6.45) is 0. The lowest BCUT2D eigenvalue weighted by molar-refractivity contribution is 1.02. The maximum atomic E-state index is 5.95. The molecule has 1 aromatic rings. The molecule has 1 aromatic carbocycles. The van der Waals surface area contributed by atoms with Gasteiger partial charge < -0.3 is 11.1 Å². The molecule has 2 nitrogen and oxygen atoms in total. The summed E-state index contributed by atoms with van der Waals surface area (Å²) in [5, 5.41) is 4.23. The van der Waals surface area contributed by atoms with Crippen LogP contribution < -0.4 is 11.1 Å². The van der Waals surface area contributed by atoms with Crippen molar-refractivity contribution in [3.05, 3.63) is 26.7 Å². The van der Waals surface area contributed by atoms with Crippen molar-refractivity contribution in [1.82, 2.24) is 0 Å². The maximum Gasteiger partial charge on any atom is 0.0720 e. The van der Waals surface area contributed by atoms with Crippen molar-refractivity contribution >= 4 is 44.8 Å². The second-order valence-electron chi connectivity index (χ2n) is 2.46. The average Bonchev–Trinajstić information content (AvgIpc) is 2.02. The molecule has 0 aliphatic rings. The Kier molecular flexibility index (Phi) is 4.32. The first kappa shape index (κ1) is 11.1. The number of anilines is 1. The summed E-state index contributed by atoms with van der Waals surface area (Å²) in [5.74, 6) is 0. The standard InChI is InChI=1S/C8H9BrCl2N2/c9-5-3-6(10)8(7(11)4-5)13-2-1-12/h3-4,13H,1-2,12H2. The summed E-state index contributed by atoms with van der Waals surface area (Å²) in [4.78, 5) is 0. The zero-order valence-electron chi connectivity index (χ0n) is 6.78. The highest BCUT2D eigenvalue weighted by Crippen LogP contribution is 2.33. The Morgan fingerprint density at radius 1 is 1.31 bits per heavy atom. The van der Waals surface area contributed by atoms with Crippen molar-refractivity contribution in [1.29, 1.82) is 0 Å². The van der Waals surface area contributed by atoms with Crippen LogP contribution in [-0.2, 0) is 0 Å². The van der Waals surface area contributed by atoms with Gasteiger partial charge in [-0.1, -0.05) is 39.1 Å².